The average molecular weight is 626 g/mol. The highest BCUT2D eigenvalue weighted by Gasteiger charge is 2.60. The van der Waals surface area contributed by atoms with E-state index in [1.165, 1.54) is 56.9 Å². The highest BCUT2D eigenvalue weighted by Crippen LogP contribution is 2.65. The number of rotatable bonds is 8. The summed E-state index contributed by atoms with van der Waals surface area (Å²) in [6.45, 7) is 21.1. The zero-order chi connectivity index (χ0) is 33.4. The molecule has 258 valence electrons. The molecule has 4 aliphatic rings. The van der Waals surface area contributed by atoms with Crippen molar-refractivity contribution in [2.75, 3.05) is 13.7 Å². The van der Waals surface area contributed by atoms with Gasteiger partial charge in [-0.15, -0.1) is 0 Å². The fourth-order valence-electron chi connectivity index (χ4n) is 10.5. The van der Waals surface area contributed by atoms with E-state index in [0.29, 0.717) is 41.5 Å². The number of carbonyl (C=O) groups excluding carboxylic acids is 1. The van der Waals surface area contributed by atoms with Crippen LogP contribution in [0.1, 0.15) is 145 Å². The Morgan fingerprint density at radius 3 is 2.24 bits per heavy atom. The molecule has 9 atom stereocenters. The number of hydrogen-bond donors (Lipinski definition) is 2. The number of amides is 1. The summed E-state index contributed by atoms with van der Waals surface area (Å²) in [7, 11) is 1.69. The number of nitrogens with one attached hydrogen (secondary N) is 1. The van der Waals surface area contributed by atoms with Gasteiger partial charge in [-0.2, -0.15) is 0 Å². The molecule has 4 nitrogen and oxygen atoms in total. The van der Waals surface area contributed by atoms with Crippen LogP contribution in [-0.2, 0) is 11.2 Å². The SMILES string of the molecule is CC.CCC.COc1ccc(CCNC(=O)C23CCCC2C2CCC(C)C(C)(CCC4C(C)CCC(O)C4(C)C)C2CC3)cc1. The molecule has 0 aliphatic heterocycles. The van der Waals surface area contributed by atoms with Gasteiger partial charge in [-0.1, -0.05) is 87.3 Å². The molecule has 5 rings (SSSR count). The van der Waals surface area contributed by atoms with Crippen LogP contribution in [0.4, 0.5) is 0 Å². The lowest BCUT2D eigenvalue weighted by atomic mass is 9.46. The number of ether oxygens (including phenoxy) is 1. The summed E-state index contributed by atoms with van der Waals surface area (Å²) in [6, 6.07) is 8.21. The lowest BCUT2D eigenvalue weighted by molar-refractivity contribution is -0.147. The molecule has 0 spiro atoms. The molecule has 0 radical (unpaired) electrons. The number of aliphatic hydroxyl groups excluding tert-OH is 1. The van der Waals surface area contributed by atoms with E-state index in [-0.39, 0.29) is 16.9 Å². The maximum absolute atomic E-state index is 13.9. The molecule has 2 N–H and O–H groups in total. The summed E-state index contributed by atoms with van der Waals surface area (Å²) in [5.74, 6) is 5.19. The molecule has 1 aromatic rings. The number of hydrogen-bond acceptors (Lipinski definition) is 3. The minimum absolute atomic E-state index is 0.00239. The first-order valence-corrected chi connectivity index (χ1v) is 19.0. The Morgan fingerprint density at radius 2 is 1.60 bits per heavy atom. The second kappa shape index (κ2) is 16.5. The van der Waals surface area contributed by atoms with E-state index in [1.54, 1.807) is 7.11 Å². The Bertz CT molecular complexity index is 1040. The topological polar surface area (TPSA) is 58.6 Å². The number of aliphatic hydroxyl groups is 1. The minimum Gasteiger partial charge on any atom is -0.497 e. The molecule has 9 unspecified atom stereocenters. The molecular formula is C41H71NO3. The third-order valence-corrected chi connectivity index (χ3v) is 13.4. The van der Waals surface area contributed by atoms with Crippen LogP contribution < -0.4 is 10.1 Å². The Hall–Kier alpha value is -1.55. The summed E-state index contributed by atoms with van der Waals surface area (Å²) in [4.78, 5) is 13.9. The summed E-state index contributed by atoms with van der Waals surface area (Å²) < 4.78 is 5.29. The van der Waals surface area contributed by atoms with Crippen LogP contribution in [0.15, 0.2) is 24.3 Å². The van der Waals surface area contributed by atoms with Crippen LogP contribution in [0.25, 0.3) is 0 Å². The van der Waals surface area contributed by atoms with Crippen LogP contribution >= 0.6 is 0 Å². The van der Waals surface area contributed by atoms with Crippen molar-refractivity contribution < 1.29 is 14.6 Å². The summed E-state index contributed by atoms with van der Waals surface area (Å²) in [5.41, 5.74) is 1.43. The molecule has 1 amide bonds. The van der Waals surface area contributed by atoms with Crippen LogP contribution in [-0.4, -0.2) is 30.8 Å². The maximum atomic E-state index is 13.9. The van der Waals surface area contributed by atoms with Crippen molar-refractivity contribution >= 4 is 5.91 Å². The molecule has 4 saturated carbocycles. The summed E-state index contributed by atoms with van der Waals surface area (Å²) >= 11 is 0. The van der Waals surface area contributed by atoms with Gasteiger partial charge in [-0.05, 0) is 135 Å². The largest absolute Gasteiger partial charge is 0.497 e. The second-order valence-electron chi connectivity index (χ2n) is 16.0. The minimum atomic E-state index is -0.171. The predicted molar refractivity (Wildman–Crippen MR) is 190 cm³/mol. The molecule has 1 aromatic carbocycles. The van der Waals surface area contributed by atoms with Crippen molar-refractivity contribution in [1.29, 1.82) is 0 Å². The predicted octanol–water partition coefficient (Wildman–Crippen LogP) is 10.3. The van der Waals surface area contributed by atoms with Gasteiger partial charge in [0.15, 0.2) is 0 Å². The van der Waals surface area contributed by atoms with Crippen molar-refractivity contribution in [2.45, 2.75) is 152 Å². The van der Waals surface area contributed by atoms with Gasteiger partial charge in [-0.25, -0.2) is 0 Å². The normalized spacial score (nSPS) is 36.6. The standard InChI is InChI=1S/C36H57NO3.C3H8.C2H6/c1-24-9-16-32(38)34(3,4)29(24)17-21-35(5)25(2)10-15-28-30(35)18-22-36(20-7-8-31(28)36)33(39)37-23-19-26-11-13-27(40-6)14-12-26;1-3-2;1-2/h11-14,24-25,28-32,38H,7-10,15-23H2,1-6H3,(H,37,39);3H2,1-2H3;1-2H3. The summed E-state index contributed by atoms with van der Waals surface area (Å²) in [5, 5.41) is 14.3. The van der Waals surface area contributed by atoms with Crippen molar-refractivity contribution in [3.05, 3.63) is 29.8 Å². The fourth-order valence-corrected chi connectivity index (χ4v) is 10.5. The zero-order valence-corrected chi connectivity index (χ0v) is 31.0. The van der Waals surface area contributed by atoms with Crippen molar-refractivity contribution in [1.82, 2.24) is 5.32 Å². The monoisotopic (exact) mass is 626 g/mol. The van der Waals surface area contributed by atoms with Gasteiger partial charge in [0.05, 0.1) is 18.6 Å². The molecule has 0 bridgehead atoms. The first-order chi connectivity index (χ1) is 21.4. The van der Waals surface area contributed by atoms with E-state index < -0.39 is 0 Å². The Kier molecular flexibility index (Phi) is 13.9. The van der Waals surface area contributed by atoms with Gasteiger partial charge in [0.25, 0.3) is 0 Å². The Morgan fingerprint density at radius 1 is 0.933 bits per heavy atom. The van der Waals surface area contributed by atoms with Gasteiger partial charge >= 0.3 is 0 Å². The van der Waals surface area contributed by atoms with Crippen LogP contribution in [0.3, 0.4) is 0 Å². The summed E-state index contributed by atoms with van der Waals surface area (Å²) in [6.07, 6.45) is 15.0. The lowest BCUT2D eigenvalue weighted by Crippen LogP contribution is -2.55. The van der Waals surface area contributed by atoms with Gasteiger partial charge in [0.1, 0.15) is 5.75 Å². The van der Waals surface area contributed by atoms with E-state index in [4.69, 9.17) is 4.74 Å². The fraction of sp³-hybridized carbons (Fsp3) is 0.829. The van der Waals surface area contributed by atoms with Crippen LogP contribution in [0.5, 0.6) is 5.75 Å². The van der Waals surface area contributed by atoms with E-state index in [0.717, 1.165) is 49.7 Å². The smallest absolute Gasteiger partial charge is 0.226 e. The molecule has 0 saturated heterocycles. The molecule has 4 aliphatic carbocycles. The third kappa shape index (κ3) is 7.95. The van der Waals surface area contributed by atoms with E-state index in [1.807, 2.05) is 26.0 Å². The van der Waals surface area contributed by atoms with E-state index in [2.05, 4.69) is 65.9 Å². The van der Waals surface area contributed by atoms with Crippen molar-refractivity contribution in [3.8, 4) is 5.75 Å². The molecule has 0 heterocycles. The zero-order valence-electron chi connectivity index (χ0n) is 31.0. The molecule has 45 heavy (non-hydrogen) atoms. The van der Waals surface area contributed by atoms with Gasteiger partial charge in [-0.3, -0.25) is 4.79 Å². The number of benzene rings is 1. The quantitative estimate of drug-likeness (QED) is 0.302. The maximum Gasteiger partial charge on any atom is 0.226 e. The first kappa shape index (κ1) is 37.9. The second-order valence-corrected chi connectivity index (χ2v) is 16.0. The highest BCUT2D eigenvalue weighted by molar-refractivity contribution is 5.83. The number of fused-ring (bicyclic) bond motifs is 3. The van der Waals surface area contributed by atoms with Gasteiger partial charge in [0.2, 0.25) is 5.91 Å². The van der Waals surface area contributed by atoms with Crippen molar-refractivity contribution in [3.63, 3.8) is 0 Å². The first-order valence-electron chi connectivity index (χ1n) is 19.0. The lowest BCUT2D eigenvalue weighted by Gasteiger charge is -2.59. The number of methoxy groups -OCH3 is 1. The van der Waals surface area contributed by atoms with Gasteiger partial charge < -0.3 is 15.2 Å². The average Bonchev–Trinajstić information content (AvgIpc) is 3.49. The van der Waals surface area contributed by atoms with Crippen LogP contribution in [0, 0.1) is 51.8 Å². The van der Waals surface area contributed by atoms with Crippen molar-refractivity contribution in [2.24, 2.45) is 51.8 Å². The number of carbonyl (C=O) groups is 1. The molecule has 4 fully saturated rings. The van der Waals surface area contributed by atoms with E-state index in [9.17, 15) is 9.90 Å². The van der Waals surface area contributed by atoms with Gasteiger partial charge in [0, 0.05) is 6.54 Å². The Labute approximate surface area is 278 Å². The van der Waals surface area contributed by atoms with E-state index >= 15 is 0 Å². The highest BCUT2D eigenvalue weighted by atomic mass is 16.5. The molecular weight excluding hydrogens is 554 g/mol. The Balaban J connectivity index is 0.00000104. The molecule has 0 aromatic heterocycles. The third-order valence-electron chi connectivity index (χ3n) is 13.4. The molecule has 4 heteroatoms. The van der Waals surface area contributed by atoms with Crippen LogP contribution in [0.2, 0.25) is 0 Å².